The molecule has 2 aromatic rings. The molecule has 0 unspecified atom stereocenters. The van der Waals surface area contributed by atoms with E-state index in [9.17, 15) is 13.8 Å². The van der Waals surface area contributed by atoms with Crippen molar-refractivity contribution in [1.82, 2.24) is 0 Å². The van der Waals surface area contributed by atoms with Crippen LogP contribution in [0.25, 0.3) is 0 Å². The maximum Gasteiger partial charge on any atom is 0.340 e. The second kappa shape index (κ2) is 7.57. The van der Waals surface area contributed by atoms with Crippen LogP contribution in [0.1, 0.15) is 17.3 Å². The first-order valence-corrected chi connectivity index (χ1v) is 9.35. The number of anilines is 1. The van der Waals surface area contributed by atoms with E-state index in [1.54, 1.807) is 36.4 Å². The summed E-state index contributed by atoms with van der Waals surface area (Å²) in [7, 11) is -1.35. The summed E-state index contributed by atoms with van der Waals surface area (Å²) in [5, 5.41) is 2.65. The molecule has 136 valence electrons. The minimum Gasteiger partial charge on any atom is -0.454 e. The van der Waals surface area contributed by atoms with E-state index in [4.69, 9.17) is 14.2 Å². The third-order valence-electron chi connectivity index (χ3n) is 3.71. The van der Waals surface area contributed by atoms with Crippen LogP contribution in [0.3, 0.4) is 0 Å². The second-order valence-corrected chi connectivity index (χ2v) is 6.90. The van der Waals surface area contributed by atoms with Crippen molar-refractivity contribution in [2.24, 2.45) is 0 Å². The van der Waals surface area contributed by atoms with Gasteiger partial charge in [0.25, 0.3) is 5.91 Å². The SMILES string of the molecule is C[C@@H](OC(=O)c1ccccc1[S@](C)=O)C(=O)Nc1ccc2c(c1)OCO2. The van der Waals surface area contributed by atoms with Crippen LogP contribution in [0.15, 0.2) is 47.4 Å². The van der Waals surface area contributed by atoms with Gasteiger partial charge in [-0.3, -0.25) is 9.00 Å². The van der Waals surface area contributed by atoms with E-state index in [0.717, 1.165) is 0 Å². The highest BCUT2D eigenvalue weighted by atomic mass is 32.2. The third kappa shape index (κ3) is 3.85. The topological polar surface area (TPSA) is 90.9 Å². The largest absolute Gasteiger partial charge is 0.454 e. The number of nitrogens with one attached hydrogen (secondary N) is 1. The van der Waals surface area contributed by atoms with Crippen molar-refractivity contribution in [2.45, 2.75) is 17.9 Å². The lowest BCUT2D eigenvalue weighted by atomic mass is 10.2. The summed E-state index contributed by atoms with van der Waals surface area (Å²) in [5.74, 6) is -0.0603. The van der Waals surface area contributed by atoms with Gasteiger partial charge < -0.3 is 19.5 Å². The summed E-state index contributed by atoms with van der Waals surface area (Å²) >= 11 is 0. The van der Waals surface area contributed by atoms with E-state index >= 15 is 0 Å². The molecule has 1 N–H and O–H groups in total. The van der Waals surface area contributed by atoms with E-state index < -0.39 is 28.8 Å². The molecule has 0 saturated carbocycles. The van der Waals surface area contributed by atoms with Crippen molar-refractivity contribution in [1.29, 1.82) is 0 Å². The number of rotatable bonds is 5. The number of benzene rings is 2. The minimum atomic E-state index is -1.35. The van der Waals surface area contributed by atoms with Gasteiger partial charge in [0.2, 0.25) is 6.79 Å². The number of esters is 1. The zero-order valence-corrected chi connectivity index (χ0v) is 15.0. The van der Waals surface area contributed by atoms with E-state index in [1.165, 1.54) is 19.2 Å². The summed E-state index contributed by atoms with van der Waals surface area (Å²) in [5.41, 5.74) is 0.674. The number of hydrogen-bond acceptors (Lipinski definition) is 6. The van der Waals surface area contributed by atoms with Crippen molar-refractivity contribution in [3.8, 4) is 11.5 Å². The number of fused-ring (bicyclic) bond motifs is 1. The molecule has 0 radical (unpaired) electrons. The van der Waals surface area contributed by atoms with Gasteiger partial charge in [0, 0.05) is 18.0 Å². The smallest absolute Gasteiger partial charge is 0.340 e. The molecule has 0 fully saturated rings. The molecule has 1 amide bonds. The molecule has 8 heteroatoms. The zero-order valence-electron chi connectivity index (χ0n) is 14.2. The Hall–Kier alpha value is -2.87. The molecule has 0 saturated heterocycles. The Balaban J connectivity index is 1.66. The van der Waals surface area contributed by atoms with Gasteiger partial charge in [0.15, 0.2) is 17.6 Å². The fourth-order valence-electron chi connectivity index (χ4n) is 2.38. The molecule has 0 aromatic heterocycles. The fraction of sp³-hybridized carbons (Fsp3) is 0.222. The molecule has 0 bridgehead atoms. The van der Waals surface area contributed by atoms with Crippen molar-refractivity contribution in [3.63, 3.8) is 0 Å². The first-order chi connectivity index (χ1) is 12.5. The summed E-state index contributed by atoms with van der Waals surface area (Å²) < 4.78 is 27.4. The maximum atomic E-state index is 12.3. The monoisotopic (exact) mass is 375 g/mol. The molecule has 0 aliphatic carbocycles. The predicted molar refractivity (Wildman–Crippen MR) is 94.8 cm³/mol. The van der Waals surface area contributed by atoms with Crippen LogP contribution < -0.4 is 14.8 Å². The molecule has 1 aliphatic rings. The number of carbonyl (C=O) groups excluding carboxylic acids is 2. The quantitative estimate of drug-likeness (QED) is 0.807. The Morgan fingerprint density at radius 3 is 2.65 bits per heavy atom. The summed E-state index contributed by atoms with van der Waals surface area (Å²) in [6, 6.07) is 11.4. The highest BCUT2D eigenvalue weighted by Crippen LogP contribution is 2.34. The average Bonchev–Trinajstić information content (AvgIpc) is 3.09. The van der Waals surface area contributed by atoms with Gasteiger partial charge in [-0.2, -0.15) is 0 Å². The van der Waals surface area contributed by atoms with Crippen LogP contribution in [0.2, 0.25) is 0 Å². The first-order valence-electron chi connectivity index (χ1n) is 7.79. The van der Waals surface area contributed by atoms with Crippen LogP contribution >= 0.6 is 0 Å². The highest BCUT2D eigenvalue weighted by Gasteiger charge is 2.22. The summed E-state index contributed by atoms with van der Waals surface area (Å²) in [6.45, 7) is 1.60. The van der Waals surface area contributed by atoms with Gasteiger partial charge >= 0.3 is 5.97 Å². The lowest BCUT2D eigenvalue weighted by molar-refractivity contribution is -0.123. The molecular formula is C18H17NO6S. The zero-order chi connectivity index (χ0) is 18.7. The van der Waals surface area contributed by atoms with E-state index in [0.29, 0.717) is 22.1 Å². The number of ether oxygens (including phenoxy) is 3. The summed E-state index contributed by atoms with van der Waals surface area (Å²) in [4.78, 5) is 25.0. The average molecular weight is 375 g/mol. The lowest BCUT2D eigenvalue weighted by Gasteiger charge is -2.14. The number of hydrogen-bond donors (Lipinski definition) is 1. The molecule has 7 nitrogen and oxygen atoms in total. The molecule has 3 rings (SSSR count). The molecule has 0 spiro atoms. The van der Waals surface area contributed by atoms with Crippen molar-refractivity contribution < 1.29 is 28.0 Å². The lowest BCUT2D eigenvalue weighted by Crippen LogP contribution is -2.30. The Bertz CT molecular complexity index is 882. The number of carbonyl (C=O) groups is 2. The van der Waals surface area contributed by atoms with Gasteiger partial charge in [-0.15, -0.1) is 0 Å². The van der Waals surface area contributed by atoms with Gasteiger partial charge in [0.1, 0.15) is 0 Å². The van der Waals surface area contributed by atoms with Gasteiger partial charge in [-0.25, -0.2) is 4.79 Å². The van der Waals surface area contributed by atoms with E-state index in [1.807, 2.05) is 0 Å². The number of amides is 1. The molecule has 2 aromatic carbocycles. The Morgan fingerprint density at radius 1 is 1.15 bits per heavy atom. The highest BCUT2D eigenvalue weighted by molar-refractivity contribution is 7.84. The molecule has 1 aliphatic heterocycles. The molecular weight excluding hydrogens is 358 g/mol. The van der Waals surface area contributed by atoms with Crippen LogP contribution in [0, 0.1) is 0 Å². The first kappa shape index (κ1) is 17.9. The van der Waals surface area contributed by atoms with Gasteiger partial charge in [-0.1, -0.05) is 12.1 Å². The van der Waals surface area contributed by atoms with Crippen LogP contribution in [0.5, 0.6) is 11.5 Å². The minimum absolute atomic E-state index is 0.138. The van der Waals surface area contributed by atoms with E-state index in [2.05, 4.69) is 5.32 Å². The van der Waals surface area contributed by atoms with Gasteiger partial charge in [0.05, 0.1) is 21.3 Å². The maximum absolute atomic E-state index is 12.3. The molecule has 2 atom stereocenters. The fourth-order valence-corrected chi connectivity index (χ4v) is 3.11. The van der Waals surface area contributed by atoms with Gasteiger partial charge in [-0.05, 0) is 31.2 Å². The van der Waals surface area contributed by atoms with Crippen LogP contribution in [-0.2, 0) is 20.3 Å². The van der Waals surface area contributed by atoms with Crippen LogP contribution in [0.4, 0.5) is 5.69 Å². The van der Waals surface area contributed by atoms with Crippen LogP contribution in [-0.4, -0.2) is 35.2 Å². The third-order valence-corrected chi connectivity index (χ3v) is 4.69. The predicted octanol–water partition coefficient (Wildman–Crippen LogP) is 2.34. The Morgan fingerprint density at radius 2 is 1.88 bits per heavy atom. The summed E-state index contributed by atoms with van der Waals surface area (Å²) in [6.07, 6.45) is 0.438. The normalized spacial score (nSPS) is 14.4. The Labute approximate surface area is 152 Å². The standard InChI is InChI=1S/C18H17NO6S/c1-11(25-18(21)13-5-3-4-6-16(13)26(2)22)17(20)19-12-7-8-14-15(9-12)24-10-23-14/h3-9,11H,10H2,1-2H3,(H,19,20)/t11-,26+/m1/s1. The van der Waals surface area contributed by atoms with Crippen molar-refractivity contribution in [2.75, 3.05) is 18.4 Å². The van der Waals surface area contributed by atoms with Crippen molar-refractivity contribution in [3.05, 3.63) is 48.0 Å². The van der Waals surface area contributed by atoms with Crippen molar-refractivity contribution >= 4 is 28.4 Å². The molecule has 1 heterocycles. The second-order valence-electron chi connectivity index (χ2n) is 5.56. The molecule has 26 heavy (non-hydrogen) atoms. The van der Waals surface area contributed by atoms with E-state index in [-0.39, 0.29) is 12.4 Å². The Kier molecular flexibility index (Phi) is 5.22.